The summed E-state index contributed by atoms with van der Waals surface area (Å²) in [5, 5.41) is 9.74. The van der Waals surface area contributed by atoms with Crippen LogP contribution in [0.25, 0.3) is 10.9 Å². The third kappa shape index (κ3) is 7.02. The topological polar surface area (TPSA) is 109 Å². The molecule has 7 nitrogen and oxygen atoms in total. The van der Waals surface area contributed by atoms with Gasteiger partial charge in [-0.3, -0.25) is 14.6 Å². The Morgan fingerprint density at radius 3 is 2.29 bits per heavy atom. The van der Waals surface area contributed by atoms with Crippen molar-refractivity contribution in [2.75, 3.05) is 25.5 Å². The van der Waals surface area contributed by atoms with Gasteiger partial charge in [-0.15, -0.1) is 0 Å². The summed E-state index contributed by atoms with van der Waals surface area (Å²) in [6, 6.07) is 15.0. The Labute approximate surface area is 201 Å². The average molecular weight is 462 g/mol. The van der Waals surface area contributed by atoms with Crippen LogP contribution in [-0.2, 0) is 0 Å². The first kappa shape index (κ1) is 25.2. The molecule has 0 aliphatic heterocycles. The number of unbranched alkanes of at least 4 members (excludes halogenated alkanes) is 6. The molecule has 3 aromatic rings. The third-order valence-corrected chi connectivity index (χ3v) is 5.81. The zero-order chi connectivity index (χ0) is 24.2. The fourth-order valence-electron chi connectivity index (χ4n) is 3.90. The molecule has 0 saturated carbocycles. The van der Waals surface area contributed by atoms with Gasteiger partial charge in [-0.2, -0.15) is 0 Å². The number of rotatable bonds is 13. The van der Waals surface area contributed by atoms with Gasteiger partial charge in [0.2, 0.25) is 0 Å². The van der Waals surface area contributed by atoms with Gasteiger partial charge < -0.3 is 21.7 Å². The van der Waals surface area contributed by atoms with Gasteiger partial charge in [-0.1, -0.05) is 50.3 Å². The normalized spacial score (nSPS) is 10.8. The lowest BCUT2D eigenvalue weighted by Gasteiger charge is -2.15. The van der Waals surface area contributed by atoms with Crippen LogP contribution in [0.4, 0.5) is 11.4 Å². The number of nitrogens with one attached hydrogen (secondary N) is 3. The largest absolute Gasteiger partial charge is 0.355 e. The van der Waals surface area contributed by atoms with E-state index in [1.165, 1.54) is 25.7 Å². The molecule has 0 aliphatic rings. The van der Waals surface area contributed by atoms with Gasteiger partial charge in [-0.25, -0.2) is 0 Å². The highest BCUT2D eigenvalue weighted by Gasteiger charge is 2.16. The summed E-state index contributed by atoms with van der Waals surface area (Å²) in [5.74, 6) is -0.369. The van der Waals surface area contributed by atoms with E-state index in [-0.39, 0.29) is 11.8 Å². The summed E-state index contributed by atoms with van der Waals surface area (Å²) in [6.07, 6.45) is 9.55. The van der Waals surface area contributed by atoms with Crippen molar-refractivity contribution in [2.45, 2.75) is 44.9 Å². The van der Waals surface area contributed by atoms with Gasteiger partial charge in [-0.05, 0) is 49.7 Å². The third-order valence-electron chi connectivity index (χ3n) is 5.81. The van der Waals surface area contributed by atoms with E-state index >= 15 is 0 Å². The second kappa shape index (κ2) is 13.3. The molecule has 2 amide bonds. The first-order chi connectivity index (χ1) is 16.6. The van der Waals surface area contributed by atoms with Crippen LogP contribution in [0.3, 0.4) is 0 Å². The van der Waals surface area contributed by atoms with E-state index in [1.807, 2.05) is 36.4 Å². The van der Waals surface area contributed by atoms with Crippen LogP contribution in [0, 0.1) is 0 Å². The number of fused-ring (bicyclic) bond motifs is 1. The Morgan fingerprint density at radius 1 is 0.882 bits per heavy atom. The maximum atomic E-state index is 12.8. The van der Waals surface area contributed by atoms with Crippen molar-refractivity contribution in [2.24, 2.45) is 5.73 Å². The molecule has 0 spiro atoms. The van der Waals surface area contributed by atoms with Crippen LogP contribution >= 0.6 is 0 Å². The Bertz CT molecular complexity index is 1090. The van der Waals surface area contributed by atoms with E-state index < -0.39 is 0 Å². The van der Waals surface area contributed by atoms with Gasteiger partial charge in [0, 0.05) is 36.4 Å². The molecule has 0 saturated heterocycles. The minimum absolute atomic E-state index is 0.124. The van der Waals surface area contributed by atoms with Crippen molar-refractivity contribution >= 4 is 34.1 Å². The molecule has 0 radical (unpaired) electrons. The van der Waals surface area contributed by atoms with Crippen LogP contribution in [0.1, 0.15) is 65.7 Å². The van der Waals surface area contributed by atoms with Gasteiger partial charge >= 0.3 is 0 Å². The van der Waals surface area contributed by atoms with E-state index in [0.29, 0.717) is 28.9 Å². The summed E-state index contributed by atoms with van der Waals surface area (Å²) >= 11 is 0. The van der Waals surface area contributed by atoms with E-state index in [0.717, 1.165) is 36.9 Å². The lowest BCUT2D eigenvalue weighted by atomic mass is 10.0. The van der Waals surface area contributed by atoms with E-state index in [4.69, 9.17) is 5.73 Å². The number of benzene rings is 2. The van der Waals surface area contributed by atoms with Gasteiger partial charge in [0.25, 0.3) is 11.8 Å². The summed E-state index contributed by atoms with van der Waals surface area (Å²) in [4.78, 5) is 29.7. The van der Waals surface area contributed by atoms with Gasteiger partial charge in [0.1, 0.15) is 0 Å². The zero-order valence-electron chi connectivity index (χ0n) is 19.9. The number of aromatic nitrogens is 1. The number of para-hydroxylation sites is 1. The van der Waals surface area contributed by atoms with Crippen LogP contribution in [-0.4, -0.2) is 36.9 Å². The molecule has 1 heterocycles. The van der Waals surface area contributed by atoms with E-state index in [1.54, 1.807) is 25.4 Å². The van der Waals surface area contributed by atoms with Gasteiger partial charge in [0.15, 0.2) is 0 Å². The number of hydrogen-bond donors (Lipinski definition) is 4. The molecule has 0 bridgehead atoms. The molecule has 0 fully saturated rings. The number of carbonyl (C=O) groups is 2. The van der Waals surface area contributed by atoms with Crippen molar-refractivity contribution in [3.05, 3.63) is 65.9 Å². The SMILES string of the molecule is CNC(=O)c1cnc2ccc(C(=O)NCCCCCCCCCN)cc2c1Nc1ccccc1. The summed E-state index contributed by atoms with van der Waals surface area (Å²) in [6.45, 7) is 1.42. The number of anilines is 2. The molecule has 2 aromatic carbocycles. The molecule has 7 heteroatoms. The highest BCUT2D eigenvalue weighted by molar-refractivity contribution is 6.09. The number of pyridine rings is 1. The number of nitrogens with two attached hydrogens (primary N) is 1. The number of amides is 2. The highest BCUT2D eigenvalue weighted by atomic mass is 16.2. The second-order valence-electron chi connectivity index (χ2n) is 8.37. The van der Waals surface area contributed by atoms with Gasteiger partial charge in [0.05, 0.1) is 16.8 Å². The Kier molecular flexibility index (Phi) is 9.85. The van der Waals surface area contributed by atoms with Crippen LogP contribution in [0.15, 0.2) is 54.7 Å². The quantitative estimate of drug-likeness (QED) is 0.275. The molecular weight excluding hydrogens is 426 g/mol. The smallest absolute Gasteiger partial charge is 0.254 e. The first-order valence-corrected chi connectivity index (χ1v) is 12.1. The van der Waals surface area contributed by atoms with E-state index in [9.17, 15) is 9.59 Å². The number of carbonyl (C=O) groups excluding carboxylic acids is 2. The maximum Gasteiger partial charge on any atom is 0.254 e. The summed E-state index contributed by atoms with van der Waals surface area (Å²) in [5.41, 5.74) is 8.66. The number of hydrogen-bond acceptors (Lipinski definition) is 5. The van der Waals surface area contributed by atoms with Crippen molar-refractivity contribution in [1.82, 2.24) is 15.6 Å². The van der Waals surface area contributed by atoms with E-state index in [2.05, 4.69) is 20.9 Å². The molecule has 5 N–H and O–H groups in total. The van der Waals surface area contributed by atoms with Crippen LogP contribution in [0.2, 0.25) is 0 Å². The molecule has 1 aromatic heterocycles. The maximum absolute atomic E-state index is 12.8. The molecule has 0 unspecified atom stereocenters. The minimum Gasteiger partial charge on any atom is -0.355 e. The molecular formula is C27H35N5O2. The molecule has 180 valence electrons. The lowest BCUT2D eigenvalue weighted by molar-refractivity contribution is 0.0949. The monoisotopic (exact) mass is 461 g/mol. The highest BCUT2D eigenvalue weighted by Crippen LogP contribution is 2.30. The zero-order valence-corrected chi connectivity index (χ0v) is 19.9. The molecule has 34 heavy (non-hydrogen) atoms. The standard InChI is InChI=1S/C27H35N5O2/c1-29-27(34)23-19-31-24-15-14-20(18-22(24)25(23)32-21-12-8-7-9-13-21)26(33)30-17-11-6-4-2-3-5-10-16-28/h7-9,12-15,18-19H,2-6,10-11,16-17,28H2,1H3,(H,29,34)(H,30,33)(H,31,32). The summed E-state index contributed by atoms with van der Waals surface area (Å²) in [7, 11) is 1.59. The fraction of sp³-hybridized carbons (Fsp3) is 0.370. The van der Waals surface area contributed by atoms with Crippen LogP contribution < -0.4 is 21.7 Å². The Balaban J connectivity index is 1.70. The fourth-order valence-corrected chi connectivity index (χ4v) is 3.90. The average Bonchev–Trinajstić information content (AvgIpc) is 2.87. The minimum atomic E-state index is -0.245. The molecule has 3 rings (SSSR count). The number of nitrogens with zero attached hydrogens (tertiary/aromatic N) is 1. The molecule has 0 aliphatic carbocycles. The van der Waals surface area contributed by atoms with Crippen molar-refractivity contribution in [3.63, 3.8) is 0 Å². The lowest BCUT2D eigenvalue weighted by Crippen LogP contribution is -2.24. The first-order valence-electron chi connectivity index (χ1n) is 12.1. The molecule has 0 atom stereocenters. The Hall–Kier alpha value is -3.45. The second-order valence-corrected chi connectivity index (χ2v) is 8.37. The van der Waals surface area contributed by atoms with Crippen LogP contribution in [0.5, 0.6) is 0 Å². The van der Waals surface area contributed by atoms with Crippen molar-refractivity contribution in [1.29, 1.82) is 0 Å². The summed E-state index contributed by atoms with van der Waals surface area (Å²) < 4.78 is 0. The Morgan fingerprint density at radius 2 is 1.59 bits per heavy atom. The van der Waals surface area contributed by atoms with Crippen molar-refractivity contribution < 1.29 is 9.59 Å². The predicted octanol–water partition coefficient (Wildman–Crippen LogP) is 4.76. The predicted molar refractivity (Wildman–Crippen MR) is 139 cm³/mol. The van der Waals surface area contributed by atoms with Crippen molar-refractivity contribution in [3.8, 4) is 0 Å².